The van der Waals surface area contributed by atoms with E-state index in [9.17, 15) is 0 Å². The van der Waals surface area contributed by atoms with Crippen LogP contribution < -0.4 is 5.32 Å². The van der Waals surface area contributed by atoms with Crippen LogP contribution in [-0.2, 0) is 19.5 Å². The van der Waals surface area contributed by atoms with E-state index in [1.54, 1.807) is 0 Å². The SMILES string of the molecule is Cc1ccc(CN[C@H](C)c2nnc3n2CCCC3)o1. The molecule has 0 bridgehead atoms. The van der Waals surface area contributed by atoms with Crippen molar-refractivity contribution in [2.45, 2.75) is 52.2 Å². The zero-order valence-corrected chi connectivity index (χ0v) is 11.5. The number of furan rings is 1. The van der Waals surface area contributed by atoms with Gasteiger partial charge in [-0.25, -0.2) is 0 Å². The Labute approximate surface area is 113 Å². The molecule has 2 aromatic rings. The first kappa shape index (κ1) is 12.4. The highest BCUT2D eigenvalue weighted by Gasteiger charge is 2.19. The normalized spacial score (nSPS) is 16.3. The van der Waals surface area contributed by atoms with E-state index in [2.05, 4.69) is 27.0 Å². The predicted molar refractivity (Wildman–Crippen MR) is 71.7 cm³/mol. The Morgan fingerprint density at radius 3 is 3.05 bits per heavy atom. The lowest BCUT2D eigenvalue weighted by atomic mass is 10.1. The van der Waals surface area contributed by atoms with E-state index in [1.165, 1.54) is 12.8 Å². The van der Waals surface area contributed by atoms with Crippen molar-refractivity contribution in [2.75, 3.05) is 0 Å². The van der Waals surface area contributed by atoms with Crippen molar-refractivity contribution in [3.8, 4) is 0 Å². The quantitative estimate of drug-likeness (QED) is 0.917. The summed E-state index contributed by atoms with van der Waals surface area (Å²) in [7, 11) is 0. The molecule has 0 radical (unpaired) electrons. The molecule has 0 saturated carbocycles. The molecule has 0 amide bonds. The van der Waals surface area contributed by atoms with E-state index in [-0.39, 0.29) is 6.04 Å². The maximum atomic E-state index is 5.56. The van der Waals surface area contributed by atoms with Crippen LogP contribution in [0.25, 0.3) is 0 Å². The zero-order chi connectivity index (χ0) is 13.2. The molecule has 0 spiro atoms. The lowest BCUT2D eigenvalue weighted by Crippen LogP contribution is -2.23. The minimum absolute atomic E-state index is 0.185. The van der Waals surface area contributed by atoms with E-state index in [0.29, 0.717) is 0 Å². The van der Waals surface area contributed by atoms with Crippen LogP contribution in [0.2, 0.25) is 0 Å². The van der Waals surface area contributed by atoms with Crippen LogP contribution in [0.5, 0.6) is 0 Å². The molecule has 19 heavy (non-hydrogen) atoms. The third kappa shape index (κ3) is 2.56. The van der Waals surface area contributed by atoms with Gasteiger partial charge in [0.15, 0.2) is 0 Å². The number of nitrogens with one attached hydrogen (secondary N) is 1. The van der Waals surface area contributed by atoms with E-state index < -0.39 is 0 Å². The summed E-state index contributed by atoms with van der Waals surface area (Å²) in [6.07, 6.45) is 3.50. The number of rotatable bonds is 4. The van der Waals surface area contributed by atoms with Crippen molar-refractivity contribution in [1.82, 2.24) is 20.1 Å². The van der Waals surface area contributed by atoms with Crippen LogP contribution in [-0.4, -0.2) is 14.8 Å². The molecule has 1 aliphatic heterocycles. The van der Waals surface area contributed by atoms with Gasteiger partial charge in [-0.1, -0.05) is 0 Å². The third-order valence-corrected chi connectivity index (χ3v) is 3.65. The van der Waals surface area contributed by atoms with Gasteiger partial charge in [0.25, 0.3) is 0 Å². The zero-order valence-electron chi connectivity index (χ0n) is 11.5. The highest BCUT2D eigenvalue weighted by atomic mass is 16.3. The fourth-order valence-corrected chi connectivity index (χ4v) is 2.58. The molecule has 5 heteroatoms. The number of fused-ring (bicyclic) bond motifs is 1. The molecule has 0 aliphatic carbocycles. The number of hydrogen-bond acceptors (Lipinski definition) is 4. The van der Waals surface area contributed by atoms with Crippen molar-refractivity contribution < 1.29 is 4.42 Å². The van der Waals surface area contributed by atoms with Crippen molar-refractivity contribution in [1.29, 1.82) is 0 Å². The Kier molecular flexibility index (Phi) is 3.38. The minimum Gasteiger partial charge on any atom is -0.465 e. The van der Waals surface area contributed by atoms with Crippen LogP contribution in [0.1, 0.15) is 49.0 Å². The topological polar surface area (TPSA) is 55.9 Å². The highest BCUT2D eigenvalue weighted by molar-refractivity contribution is 5.07. The van der Waals surface area contributed by atoms with Crippen molar-refractivity contribution >= 4 is 0 Å². The predicted octanol–water partition coefficient (Wildman–Crippen LogP) is 2.37. The monoisotopic (exact) mass is 260 g/mol. The van der Waals surface area contributed by atoms with Gasteiger partial charge in [0, 0.05) is 13.0 Å². The summed E-state index contributed by atoms with van der Waals surface area (Å²) >= 11 is 0. The van der Waals surface area contributed by atoms with Crippen LogP contribution in [0, 0.1) is 6.92 Å². The molecule has 0 unspecified atom stereocenters. The second kappa shape index (κ2) is 5.17. The van der Waals surface area contributed by atoms with Gasteiger partial charge >= 0.3 is 0 Å². The molecule has 1 aliphatic rings. The molecule has 3 heterocycles. The maximum absolute atomic E-state index is 5.56. The average Bonchev–Trinajstić information content (AvgIpc) is 3.02. The molecular formula is C14H20N4O. The molecule has 1 N–H and O–H groups in total. The molecule has 102 valence electrons. The molecule has 3 rings (SSSR count). The first-order valence-electron chi connectivity index (χ1n) is 6.94. The van der Waals surface area contributed by atoms with Gasteiger partial charge in [-0.15, -0.1) is 10.2 Å². The smallest absolute Gasteiger partial charge is 0.149 e. The minimum atomic E-state index is 0.185. The summed E-state index contributed by atoms with van der Waals surface area (Å²) in [4.78, 5) is 0. The largest absolute Gasteiger partial charge is 0.465 e. The molecule has 2 aromatic heterocycles. The third-order valence-electron chi connectivity index (χ3n) is 3.65. The van der Waals surface area contributed by atoms with Gasteiger partial charge in [-0.2, -0.15) is 0 Å². The van der Waals surface area contributed by atoms with Crippen LogP contribution >= 0.6 is 0 Å². The molecule has 0 fully saturated rings. The highest BCUT2D eigenvalue weighted by Crippen LogP contribution is 2.19. The van der Waals surface area contributed by atoms with Crippen LogP contribution in [0.3, 0.4) is 0 Å². The van der Waals surface area contributed by atoms with Crippen molar-refractivity contribution in [3.05, 3.63) is 35.3 Å². The van der Waals surface area contributed by atoms with Gasteiger partial charge in [-0.05, 0) is 38.8 Å². The van der Waals surface area contributed by atoms with Gasteiger partial charge in [0.1, 0.15) is 23.2 Å². The lowest BCUT2D eigenvalue weighted by Gasteiger charge is -2.18. The Morgan fingerprint density at radius 1 is 1.37 bits per heavy atom. The van der Waals surface area contributed by atoms with E-state index >= 15 is 0 Å². The Morgan fingerprint density at radius 2 is 2.26 bits per heavy atom. The first-order valence-corrected chi connectivity index (χ1v) is 6.94. The summed E-state index contributed by atoms with van der Waals surface area (Å²) in [5.41, 5.74) is 0. The van der Waals surface area contributed by atoms with Gasteiger partial charge in [-0.3, -0.25) is 0 Å². The average molecular weight is 260 g/mol. The summed E-state index contributed by atoms with van der Waals surface area (Å²) in [5, 5.41) is 12.1. The number of aromatic nitrogens is 3. The van der Waals surface area contributed by atoms with Crippen LogP contribution in [0.4, 0.5) is 0 Å². The number of hydrogen-bond donors (Lipinski definition) is 1. The van der Waals surface area contributed by atoms with Crippen molar-refractivity contribution in [2.24, 2.45) is 0 Å². The summed E-state index contributed by atoms with van der Waals surface area (Å²) in [6, 6.07) is 4.18. The second-order valence-electron chi connectivity index (χ2n) is 5.20. The molecule has 0 saturated heterocycles. The fraction of sp³-hybridized carbons (Fsp3) is 0.571. The Balaban J connectivity index is 1.67. The van der Waals surface area contributed by atoms with Crippen molar-refractivity contribution in [3.63, 3.8) is 0 Å². The molecule has 0 aromatic carbocycles. The fourth-order valence-electron chi connectivity index (χ4n) is 2.58. The van der Waals surface area contributed by atoms with Gasteiger partial charge in [0.2, 0.25) is 0 Å². The summed E-state index contributed by atoms with van der Waals surface area (Å²) in [5.74, 6) is 4.08. The summed E-state index contributed by atoms with van der Waals surface area (Å²) in [6.45, 7) is 5.85. The molecular weight excluding hydrogens is 240 g/mol. The van der Waals surface area contributed by atoms with Gasteiger partial charge in [0.05, 0.1) is 12.6 Å². The maximum Gasteiger partial charge on any atom is 0.149 e. The number of nitrogens with zero attached hydrogens (tertiary/aromatic N) is 3. The van der Waals surface area contributed by atoms with Crippen LogP contribution in [0.15, 0.2) is 16.5 Å². The first-order chi connectivity index (χ1) is 9.24. The standard InChI is InChI=1S/C14H20N4O/c1-10-6-7-12(19-10)9-15-11(2)14-17-16-13-5-3-4-8-18(13)14/h6-7,11,15H,3-5,8-9H2,1-2H3/t11-/m1/s1. The summed E-state index contributed by atoms with van der Waals surface area (Å²) < 4.78 is 7.82. The van der Waals surface area contributed by atoms with E-state index in [4.69, 9.17) is 4.42 Å². The Bertz CT molecular complexity index is 558. The molecule has 1 atom stereocenters. The number of aryl methyl sites for hydroxylation is 2. The van der Waals surface area contributed by atoms with E-state index in [1.807, 2.05) is 19.1 Å². The Hall–Kier alpha value is -1.62. The lowest BCUT2D eigenvalue weighted by molar-refractivity contribution is 0.423. The molecule has 5 nitrogen and oxygen atoms in total. The second-order valence-corrected chi connectivity index (χ2v) is 5.20. The van der Waals surface area contributed by atoms with Gasteiger partial charge < -0.3 is 14.3 Å². The van der Waals surface area contributed by atoms with E-state index in [0.717, 1.165) is 42.7 Å².